The molecule has 0 N–H and O–H groups in total. The number of ether oxygens (including phenoxy) is 1. The number of carbonyl (C=O) groups excluding carboxylic acids is 1. The predicted molar refractivity (Wildman–Crippen MR) is 61.0 cm³/mol. The quantitative estimate of drug-likeness (QED) is 0.655. The lowest BCUT2D eigenvalue weighted by molar-refractivity contribution is -0.145. The van der Waals surface area contributed by atoms with E-state index in [0.29, 0.717) is 25.5 Å². The lowest BCUT2D eigenvalue weighted by Gasteiger charge is -2.31. The van der Waals surface area contributed by atoms with Crippen LogP contribution >= 0.6 is 0 Å². The van der Waals surface area contributed by atoms with E-state index in [9.17, 15) is 9.18 Å². The highest BCUT2D eigenvalue weighted by Crippen LogP contribution is 2.16. The van der Waals surface area contributed by atoms with E-state index in [4.69, 9.17) is 4.74 Å². The average Bonchev–Trinajstić information content (AvgIpc) is 2.28. The van der Waals surface area contributed by atoms with E-state index in [2.05, 4.69) is 4.90 Å². The predicted octanol–water partition coefficient (Wildman–Crippen LogP) is 2.01. The minimum atomic E-state index is -0.289. The van der Waals surface area contributed by atoms with E-state index in [-0.39, 0.29) is 12.6 Å². The van der Waals surface area contributed by atoms with Crippen molar-refractivity contribution in [1.29, 1.82) is 0 Å². The average molecular weight is 231 g/mol. The number of rotatable bonds is 6. The van der Waals surface area contributed by atoms with Crippen molar-refractivity contribution in [1.82, 2.24) is 4.90 Å². The largest absolute Gasteiger partial charge is 0.465 e. The number of hydrogen-bond acceptors (Lipinski definition) is 3. The summed E-state index contributed by atoms with van der Waals surface area (Å²) in [6.07, 6.45) is 3.50. The first kappa shape index (κ1) is 13.4. The highest BCUT2D eigenvalue weighted by Gasteiger charge is 2.20. The van der Waals surface area contributed by atoms with E-state index in [1.54, 1.807) is 0 Å². The molecule has 1 fully saturated rings. The molecule has 0 radical (unpaired) electrons. The maximum absolute atomic E-state index is 12.2. The molecule has 0 aromatic rings. The lowest BCUT2D eigenvalue weighted by atomic mass is 9.99. The highest BCUT2D eigenvalue weighted by atomic mass is 19.1. The van der Waals surface area contributed by atoms with Crippen LogP contribution in [0.15, 0.2) is 0 Å². The number of hydrogen-bond donors (Lipinski definition) is 0. The number of likely N-dealkylation sites (tertiary alicyclic amines) is 1. The summed E-state index contributed by atoms with van der Waals surface area (Å²) in [7, 11) is 0. The fourth-order valence-corrected chi connectivity index (χ4v) is 2.10. The smallest absolute Gasteiger partial charge is 0.305 e. The van der Waals surface area contributed by atoms with Crippen LogP contribution in [0.25, 0.3) is 0 Å². The molecule has 0 unspecified atom stereocenters. The number of nitrogens with zero attached hydrogens (tertiary/aromatic N) is 1. The number of alkyl halides is 1. The van der Waals surface area contributed by atoms with Gasteiger partial charge in [-0.1, -0.05) is 6.92 Å². The maximum atomic E-state index is 12.2. The molecule has 0 aromatic carbocycles. The minimum absolute atomic E-state index is 0.106. The Morgan fingerprint density at radius 2 is 2.38 bits per heavy atom. The Kier molecular flexibility index (Phi) is 6.38. The van der Waals surface area contributed by atoms with E-state index in [0.717, 1.165) is 32.4 Å². The van der Waals surface area contributed by atoms with Gasteiger partial charge in [-0.2, -0.15) is 0 Å². The van der Waals surface area contributed by atoms with Crippen molar-refractivity contribution in [3.05, 3.63) is 0 Å². The second-order valence-electron chi connectivity index (χ2n) is 4.43. The fraction of sp³-hybridized carbons (Fsp3) is 0.917. The second kappa shape index (κ2) is 7.60. The summed E-state index contributed by atoms with van der Waals surface area (Å²) < 4.78 is 17.4. The van der Waals surface area contributed by atoms with Gasteiger partial charge in [0.05, 0.1) is 6.61 Å². The van der Waals surface area contributed by atoms with Gasteiger partial charge in [0.2, 0.25) is 0 Å². The van der Waals surface area contributed by atoms with Crippen molar-refractivity contribution in [3.8, 4) is 0 Å². The van der Waals surface area contributed by atoms with Gasteiger partial charge in [-0.05, 0) is 25.8 Å². The molecular formula is C12H22FNO2. The minimum Gasteiger partial charge on any atom is -0.465 e. The topological polar surface area (TPSA) is 29.5 Å². The van der Waals surface area contributed by atoms with Gasteiger partial charge < -0.3 is 9.64 Å². The first-order valence-corrected chi connectivity index (χ1v) is 6.20. The second-order valence-corrected chi connectivity index (χ2v) is 4.43. The van der Waals surface area contributed by atoms with Crippen LogP contribution in [0.3, 0.4) is 0 Å². The van der Waals surface area contributed by atoms with Gasteiger partial charge >= 0.3 is 5.97 Å². The number of carbonyl (C=O) groups is 1. The monoisotopic (exact) mass is 231 g/mol. The summed E-state index contributed by atoms with van der Waals surface area (Å²) in [6, 6.07) is 0. The zero-order valence-electron chi connectivity index (χ0n) is 10.1. The molecule has 0 amide bonds. The third-order valence-corrected chi connectivity index (χ3v) is 2.94. The van der Waals surface area contributed by atoms with Gasteiger partial charge in [0, 0.05) is 25.4 Å². The van der Waals surface area contributed by atoms with Crippen LogP contribution in [-0.4, -0.2) is 43.8 Å². The van der Waals surface area contributed by atoms with Crippen molar-refractivity contribution in [2.24, 2.45) is 5.92 Å². The molecule has 0 spiro atoms. The van der Waals surface area contributed by atoms with Crippen molar-refractivity contribution in [2.75, 3.05) is 32.9 Å². The van der Waals surface area contributed by atoms with Crippen LogP contribution in [0.2, 0.25) is 0 Å². The molecule has 0 saturated carbocycles. The van der Waals surface area contributed by atoms with Crippen LogP contribution < -0.4 is 0 Å². The van der Waals surface area contributed by atoms with Crippen molar-refractivity contribution < 1.29 is 13.9 Å². The van der Waals surface area contributed by atoms with Crippen LogP contribution in [0.5, 0.6) is 0 Å². The molecule has 16 heavy (non-hydrogen) atoms. The summed E-state index contributed by atoms with van der Waals surface area (Å²) in [5, 5.41) is 0. The summed E-state index contributed by atoms with van der Waals surface area (Å²) >= 11 is 0. The number of piperidine rings is 1. The lowest BCUT2D eigenvalue weighted by Crippen LogP contribution is -2.38. The summed E-state index contributed by atoms with van der Waals surface area (Å²) in [5.41, 5.74) is 0. The van der Waals surface area contributed by atoms with Gasteiger partial charge in [-0.25, -0.2) is 4.39 Å². The Bertz CT molecular complexity index is 209. The Morgan fingerprint density at radius 3 is 3.06 bits per heavy atom. The molecule has 94 valence electrons. The Labute approximate surface area is 96.9 Å². The molecule has 1 atom stereocenters. The number of esters is 1. The normalized spacial score (nSPS) is 22.0. The molecule has 3 nitrogen and oxygen atoms in total. The van der Waals surface area contributed by atoms with Crippen LogP contribution in [0, 0.1) is 5.92 Å². The molecule has 0 aliphatic carbocycles. The molecule has 1 saturated heterocycles. The van der Waals surface area contributed by atoms with Gasteiger partial charge in [-0.3, -0.25) is 4.79 Å². The van der Waals surface area contributed by atoms with Gasteiger partial charge in [0.25, 0.3) is 0 Å². The maximum Gasteiger partial charge on any atom is 0.305 e. The van der Waals surface area contributed by atoms with Crippen LogP contribution in [-0.2, 0) is 9.53 Å². The van der Waals surface area contributed by atoms with Gasteiger partial charge in [0.15, 0.2) is 0 Å². The summed E-state index contributed by atoms with van der Waals surface area (Å²) in [5.74, 6) is 0.284. The van der Waals surface area contributed by atoms with Crippen LogP contribution in [0.1, 0.15) is 32.6 Å². The molecular weight excluding hydrogens is 209 g/mol. The molecule has 1 heterocycles. The molecule has 0 aromatic heterocycles. The zero-order valence-corrected chi connectivity index (χ0v) is 10.1. The van der Waals surface area contributed by atoms with E-state index >= 15 is 0 Å². The molecule has 1 rings (SSSR count). The summed E-state index contributed by atoms with van der Waals surface area (Å²) in [4.78, 5) is 13.3. The molecule has 0 bridgehead atoms. The van der Waals surface area contributed by atoms with Crippen LogP contribution in [0.4, 0.5) is 4.39 Å². The molecule has 1 aliphatic rings. The van der Waals surface area contributed by atoms with Crippen molar-refractivity contribution >= 4 is 5.97 Å². The Hall–Kier alpha value is -0.640. The Balaban J connectivity index is 2.18. The first-order chi connectivity index (χ1) is 7.76. The summed E-state index contributed by atoms with van der Waals surface area (Å²) in [6.45, 7) is 4.53. The number of halogens is 1. The highest BCUT2D eigenvalue weighted by molar-refractivity contribution is 5.69. The van der Waals surface area contributed by atoms with Gasteiger partial charge in [-0.15, -0.1) is 0 Å². The van der Waals surface area contributed by atoms with E-state index in [1.807, 2.05) is 6.92 Å². The Morgan fingerprint density at radius 1 is 1.56 bits per heavy atom. The molecule has 1 aliphatic heterocycles. The zero-order chi connectivity index (χ0) is 11.8. The van der Waals surface area contributed by atoms with Crippen molar-refractivity contribution in [3.63, 3.8) is 0 Å². The standard InChI is InChI=1S/C12H22FNO2/c1-2-4-12(15)16-10-11-5-3-7-14(9-11)8-6-13/h11H,2-10H2,1H3/t11-/m1/s1. The third-order valence-electron chi connectivity index (χ3n) is 2.94. The van der Waals surface area contributed by atoms with E-state index in [1.165, 1.54) is 0 Å². The fourth-order valence-electron chi connectivity index (χ4n) is 2.10. The third kappa shape index (κ3) is 4.92. The van der Waals surface area contributed by atoms with Crippen molar-refractivity contribution in [2.45, 2.75) is 32.6 Å². The van der Waals surface area contributed by atoms with Gasteiger partial charge in [0.1, 0.15) is 6.67 Å². The molecule has 4 heteroatoms. The SMILES string of the molecule is CCCC(=O)OC[C@@H]1CCCN(CCF)C1. The first-order valence-electron chi connectivity index (χ1n) is 6.20. The van der Waals surface area contributed by atoms with E-state index < -0.39 is 0 Å².